The molecule has 2 amide bonds. The lowest BCUT2D eigenvalue weighted by molar-refractivity contribution is 0.111. The van der Waals surface area contributed by atoms with Gasteiger partial charge in [-0.25, -0.2) is 4.79 Å². The maximum absolute atomic E-state index is 11.8. The number of rotatable bonds is 5. The number of furan rings is 1. The van der Waals surface area contributed by atoms with Crippen molar-refractivity contribution in [2.75, 3.05) is 13.2 Å². The van der Waals surface area contributed by atoms with Crippen LogP contribution in [0.1, 0.15) is 18.5 Å². The number of carbonyl (C=O) groups excluding carboxylic acids is 1. The van der Waals surface area contributed by atoms with Gasteiger partial charge in [-0.1, -0.05) is 0 Å². The molecule has 1 saturated heterocycles. The lowest BCUT2D eigenvalue weighted by Gasteiger charge is -2.12. The highest BCUT2D eigenvalue weighted by Crippen LogP contribution is 2.19. The van der Waals surface area contributed by atoms with E-state index in [2.05, 4.69) is 20.6 Å². The standard InChI is InChI=1S/C15H18N4O3/c20-15(18-8-12-2-1-6-22-12)19-9-13-14(17-5-4-16-13)11-3-7-21-10-11/h3-5,7,10,12H,1-2,6,8-9H2,(H2,18,19,20)/t12-/m0/s1. The van der Waals surface area contributed by atoms with E-state index in [1.165, 1.54) is 0 Å². The van der Waals surface area contributed by atoms with E-state index in [0.717, 1.165) is 25.0 Å². The summed E-state index contributed by atoms with van der Waals surface area (Å²) in [5, 5.41) is 5.59. The van der Waals surface area contributed by atoms with Crippen molar-refractivity contribution in [2.45, 2.75) is 25.5 Å². The number of nitrogens with one attached hydrogen (secondary N) is 2. The lowest BCUT2D eigenvalue weighted by Crippen LogP contribution is -2.39. The summed E-state index contributed by atoms with van der Waals surface area (Å²) in [5.41, 5.74) is 2.23. The zero-order valence-corrected chi connectivity index (χ0v) is 12.1. The summed E-state index contributed by atoms with van der Waals surface area (Å²) in [5.74, 6) is 0. The summed E-state index contributed by atoms with van der Waals surface area (Å²) in [6, 6.07) is 1.57. The Morgan fingerprint density at radius 3 is 3.00 bits per heavy atom. The number of hydrogen-bond acceptors (Lipinski definition) is 5. The van der Waals surface area contributed by atoms with Crippen LogP contribution in [0.25, 0.3) is 11.3 Å². The third-order valence-electron chi connectivity index (χ3n) is 3.50. The fourth-order valence-corrected chi connectivity index (χ4v) is 2.37. The minimum Gasteiger partial charge on any atom is -0.472 e. The van der Waals surface area contributed by atoms with Gasteiger partial charge >= 0.3 is 6.03 Å². The molecule has 0 spiro atoms. The molecule has 0 bridgehead atoms. The molecule has 116 valence electrons. The molecule has 2 aromatic rings. The van der Waals surface area contributed by atoms with E-state index in [0.29, 0.717) is 24.5 Å². The number of carbonyl (C=O) groups is 1. The van der Waals surface area contributed by atoms with Crippen molar-refractivity contribution < 1.29 is 13.9 Å². The van der Waals surface area contributed by atoms with E-state index in [1.807, 2.05) is 6.07 Å². The van der Waals surface area contributed by atoms with Crippen molar-refractivity contribution in [3.63, 3.8) is 0 Å². The van der Waals surface area contributed by atoms with Crippen LogP contribution in [-0.2, 0) is 11.3 Å². The summed E-state index contributed by atoms with van der Waals surface area (Å²) in [6.07, 6.45) is 8.58. The first-order valence-corrected chi connectivity index (χ1v) is 7.28. The van der Waals surface area contributed by atoms with Crippen molar-refractivity contribution in [3.05, 3.63) is 36.7 Å². The van der Waals surface area contributed by atoms with Gasteiger partial charge in [-0.05, 0) is 18.9 Å². The minimum absolute atomic E-state index is 0.128. The maximum Gasteiger partial charge on any atom is 0.315 e. The summed E-state index contributed by atoms with van der Waals surface area (Å²) in [4.78, 5) is 20.4. The molecule has 0 aromatic carbocycles. The van der Waals surface area contributed by atoms with Gasteiger partial charge in [0.05, 0.1) is 36.6 Å². The van der Waals surface area contributed by atoms with E-state index in [4.69, 9.17) is 9.15 Å². The molecule has 0 aliphatic carbocycles. The average Bonchev–Trinajstić information content (AvgIpc) is 3.24. The van der Waals surface area contributed by atoms with E-state index >= 15 is 0 Å². The van der Waals surface area contributed by atoms with Crippen molar-refractivity contribution in [1.82, 2.24) is 20.6 Å². The molecule has 0 radical (unpaired) electrons. The molecule has 1 fully saturated rings. The number of amides is 2. The van der Waals surface area contributed by atoms with Gasteiger partial charge in [-0.2, -0.15) is 0 Å². The smallest absolute Gasteiger partial charge is 0.315 e. The molecule has 2 N–H and O–H groups in total. The number of urea groups is 1. The fourth-order valence-electron chi connectivity index (χ4n) is 2.37. The molecule has 7 nitrogen and oxygen atoms in total. The quantitative estimate of drug-likeness (QED) is 0.877. The highest BCUT2D eigenvalue weighted by atomic mass is 16.5. The molecule has 22 heavy (non-hydrogen) atoms. The summed E-state index contributed by atoms with van der Waals surface area (Å²) >= 11 is 0. The normalized spacial score (nSPS) is 17.4. The SMILES string of the molecule is O=C(NCc1nccnc1-c1ccoc1)NC[C@@H]1CCCO1. The van der Waals surface area contributed by atoms with Gasteiger partial charge in [0.2, 0.25) is 0 Å². The number of nitrogens with zero attached hydrogens (tertiary/aromatic N) is 2. The van der Waals surface area contributed by atoms with Gasteiger partial charge in [0.25, 0.3) is 0 Å². The Bertz CT molecular complexity index is 609. The Kier molecular flexibility index (Phi) is 4.65. The molecule has 3 rings (SSSR count). The molecule has 1 aliphatic heterocycles. The van der Waals surface area contributed by atoms with Crippen molar-refractivity contribution >= 4 is 6.03 Å². The van der Waals surface area contributed by atoms with Crippen LogP contribution in [0.15, 0.2) is 35.4 Å². The lowest BCUT2D eigenvalue weighted by atomic mass is 10.2. The summed E-state index contributed by atoms with van der Waals surface area (Å²) in [6.45, 7) is 1.61. The largest absolute Gasteiger partial charge is 0.472 e. The first-order valence-electron chi connectivity index (χ1n) is 7.28. The van der Waals surface area contributed by atoms with Gasteiger partial charge in [-0.3, -0.25) is 9.97 Å². The second kappa shape index (κ2) is 7.04. The maximum atomic E-state index is 11.8. The van der Waals surface area contributed by atoms with Crippen LogP contribution in [0, 0.1) is 0 Å². The number of aromatic nitrogens is 2. The molecule has 3 heterocycles. The van der Waals surface area contributed by atoms with E-state index < -0.39 is 0 Å². The average molecular weight is 302 g/mol. The Balaban J connectivity index is 1.54. The van der Waals surface area contributed by atoms with Crippen LogP contribution >= 0.6 is 0 Å². The second-order valence-corrected chi connectivity index (χ2v) is 5.06. The van der Waals surface area contributed by atoms with Crippen LogP contribution in [0.2, 0.25) is 0 Å². The van der Waals surface area contributed by atoms with Gasteiger partial charge in [0.1, 0.15) is 0 Å². The Hall–Kier alpha value is -2.41. The highest BCUT2D eigenvalue weighted by Gasteiger charge is 2.16. The first kappa shape index (κ1) is 14.5. The minimum atomic E-state index is -0.237. The first-order chi connectivity index (χ1) is 10.8. The summed E-state index contributed by atoms with van der Waals surface area (Å²) < 4.78 is 10.5. The van der Waals surface area contributed by atoms with Gasteiger partial charge in [0.15, 0.2) is 0 Å². The molecule has 1 atom stereocenters. The van der Waals surface area contributed by atoms with Crippen molar-refractivity contribution in [2.24, 2.45) is 0 Å². The fraction of sp³-hybridized carbons (Fsp3) is 0.400. The Morgan fingerprint density at radius 2 is 2.23 bits per heavy atom. The van der Waals surface area contributed by atoms with Crippen LogP contribution in [0.5, 0.6) is 0 Å². The number of hydrogen-bond donors (Lipinski definition) is 2. The van der Waals surface area contributed by atoms with E-state index in [1.54, 1.807) is 24.9 Å². The zero-order chi connectivity index (χ0) is 15.2. The molecular formula is C15H18N4O3. The molecule has 0 saturated carbocycles. The highest BCUT2D eigenvalue weighted by molar-refractivity contribution is 5.74. The molecule has 1 aliphatic rings. The van der Waals surface area contributed by atoms with Gasteiger partial charge in [-0.15, -0.1) is 0 Å². The Morgan fingerprint density at radius 1 is 1.32 bits per heavy atom. The van der Waals surface area contributed by atoms with Crippen LogP contribution in [0.3, 0.4) is 0 Å². The van der Waals surface area contributed by atoms with Gasteiger partial charge < -0.3 is 19.8 Å². The molecule has 0 unspecified atom stereocenters. The molecule has 2 aromatic heterocycles. The van der Waals surface area contributed by atoms with Crippen LogP contribution < -0.4 is 10.6 Å². The summed E-state index contributed by atoms with van der Waals surface area (Å²) in [7, 11) is 0. The molecule has 7 heteroatoms. The van der Waals surface area contributed by atoms with Crippen molar-refractivity contribution in [1.29, 1.82) is 0 Å². The van der Waals surface area contributed by atoms with Crippen LogP contribution in [0.4, 0.5) is 4.79 Å². The predicted molar refractivity (Wildman–Crippen MR) is 78.9 cm³/mol. The Labute approximate surface area is 128 Å². The van der Waals surface area contributed by atoms with Gasteiger partial charge in [0, 0.05) is 31.1 Å². The van der Waals surface area contributed by atoms with Crippen molar-refractivity contribution in [3.8, 4) is 11.3 Å². The van der Waals surface area contributed by atoms with E-state index in [-0.39, 0.29) is 12.1 Å². The third kappa shape index (κ3) is 3.62. The van der Waals surface area contributed by atoms with Crippen LogP contribution in [-0.4, -0.2) is 35.3 Å². The third-order valence-corrected chi connectivity index (χ3v) is 3.50. The number of ether oxygens (including phenoxy) is 1. The molecular weight excluding hydrogens is 284 g/mol. The monoisotopic (exact) mass is 302 g/mol. The van der Waals surface area contributed by atoms with E-state index in [9.17, 15) is 4.79 Å². The predicted octanol–water partition coefficient (Wildman–Crippen LogP) is 1.71. The topological polar surface area (TPSA) is 89.3 Å². The zero-order valence-electron chi connectivity index (χ0n) is 12.1. The second-order valence-electron chi connectivity index (χ2n) is 5.06.